The lowest BCUT2D eigenvalue weighted by Crippen LogP contribution is -2.48. The molecule has 0 atom stereocenters. The van der Waals surface area contributed by atoms with E-state index in [4.69, 9.17) is 23.2 Å². The SMILES string of the molecule is CCCCCCCCN1CCN(S(=O)(=O)c2ccc(CNC(=O)c3ccc(Cl)cc3)s2)CC1.CCCCCCCN1CCN(S(=O)(=O)c2ccc(CNC(=O)c3ccc(Cl)cc3)s2)CC1. The summed E-state index contributed by atoms with van der Waals surface area (Å²) in [6.45, 7) is 12.3. The first-order valence-corrected chi connectivity index (χ1v) is 28.3. The van der Waals surface area contributed by atoms with Crippen LogP contribution in [-0.2, 0) is 33.1 Å². The summed E-state index contributed by atoms with van der Waals surface area (Å²) in [5, 5.41) is 6.81. The van der Waals surface area contributed by atoms with Gasteiger partial charge in [0.1, 0.15) is 8.42 Å². The van der Waals surface area contributed by atoms with Crippen LogP contribution >= 0.6 is 45.9 Å². The zero-order chi connectivity index (χ0) is 46.7. The Labute approximate surface area is 405 Å². The van der Waals surface area contributed by atoms with E-state index in [0.717, 1.165) is 49.0 Å². The Hall–Kier alpha value is -2.90. The number of sulfonamides is 2. The zero-order valence-electron chi connectivity index (χ0n) is 37.8. The molecule has 2 aromatic carbocycles. The summed E-state index contributed by atoms with van der Waals surface area (Å²) in [4.78, 5) is 30.9. The molecule has 2 saturated heterocycles. The third-order valence-corrected chi connectivity index (χ3v) is 19.0. The fraction of sp³-hybridized carbons (Fsp3) is 0.532. The number of hydrogen-bond acceptors (Lipinski definition) is 10. The van der Waals surface area contributed by atoms with Gasteiger partial charge in [-0.2, -0.15) is 8.61 Å². The van der Waals surface area contributed by atoms with Gasteiger partial charge in [-0.1, -0.05) is 94.8 Å². The lowest BCUT2D eigenvalue weighted by Gasteiger charge is -2.33. The van der Waals surface area contributed by atoms with Crippen LogP contribution in [0, 0.1) is 0 Å². The van der Waals surface area contributed by atoms with E-state index >= 15 is 0 Å². The number of halogens is 2. The highest BCUT2D eigenvalue weighted by molar-refractivity contribution is 7.91. The molecule has 18 heteroatoms. The first-order valence-electron chi connectivity index (χ1n) is 23.0. The Morgan fingerprint density at radius 3 is 1.18 bits per heavy atom. The second-order valence-corrected chi connectivity index (χ2v) is 24.0. The zero-order valence-corrected chi connectivity index (χ0v) is 42.6. The number of piperazine rings is 2. The predicted octanol–water partition coefficient (Wildman–Crippen LogP) is 9.61. The summed E-state index contributed by atoms with van der Waals surface area (Å²) < 4.78 is 56.1. The van der Waals surface area contributed by atoms with Gasteiger partial charge in [-0.05, 0) is 98.7 Å². The molecule has 4 aromatic rings. The maximum Gasteiger partial charge on any atom is 0.252 e. The van der Waals surface area contributed by atoms with E-state index in [1.54, 1.807) is 81.4 Å². The summed E-state index contributed by atoms with van der Waals surface area (Å²) in [5.74, 6) is -0.434. The third kappa shape index (κ3) is 17.0. The van der Waals surface area contributed by atoms with Crippen LogP contribution in [0.2, 0.25) is 10.0 Å². The van der Waals surface area contributed by atoms with E-state index in [0.29, 0.717) is 55.8 Å². The molecule has 2 amide bonds. The van der Waals surface area contributed by atoms with Crippen molar-refractivity contribution in [1.82, 2.24) is 29.0 Å². The van der Waals surface area contributed by atoms with Gasteiger partial charge in [-0.15, -0.1) is 22.7 Å². The first kappa shape index (κ1) is 53.1. The molecular weight excluding hydrogens is 944 g/mol. The molecule has 0 radical (unpaired) electrons. The summed E-state index contributed by atoms with van der Waals surface area (Å²) in [5.41, 5.74) is 1.03. The number of hydrogen-bond donors (Lipinski definition) is 2. The highest BCUT2D eigenvalue weighted by Crippen LogP contribution is 2.28. The van der Waals surface area contributed by atoms with Crippen molar-refractivity contribution in [3.05, 3.63) is 104 Å². The van der Waals surface area contributed by atoms with Crippen molar-refractivity contribution in [1.29, 1.82) is 0 Å². The number of thiophene rings is 2. The van der Waals surface area contributed by atoms with Crippen LogP contribution in [0.4, 0.5) is 0 Å². The van der Waals surface area contributed by atoms with Crippen LogP contribution in [0.25, 0.3) is 0 Å². The van der Waals surface area contributed by atoms with Crippen molar-refractivity contribution < 1.29 is 26.4 Å². The van der Waals surface area contributed by atoms with Crippen molar-refractivity contribution >= 4 is 77.7 Å². The van der Waals surface area contributed by atoms with Gasteiger partial charge in [-0.3, -0.25) is 9.59 Å². The van der Waals surface area contributed by atoms with Crippen molar-refractivity contribution in [2.45, 2.75) is 106 Å². The van der Waals surface area contributed by atoms with E-state index < -0.39 is 20.0 Å². The Bertz CT molecular complexity index is 2270. The quantitative estimate of drug-likeness (QED) is 0.0701. The number of amides is 2. The van der Waals surface area contributed by atoms with Crippen LogP contribution in [0.1, 0.15) is 115 Å². The van der Waals surface area contributed by atoms with Gasteiger partial charge < -0.3 is 20.4 Å². The van der Waals surface area contributed by atoms with Gasteiger partial charge in [-0.25, -0.2) is 16.8 Å². The average Bonchev–Trinajstić information content (AvgIpc) is 4.01. The maximum absolute atomic E-state index is 13.1. The summed E-state index contributed by atoms with van der Waals surface area (Å²) in [6.07, 6.45) is 13.9. The molecule has 0 spiro atoms. The van der Waals surface area contributed by atoms with E-state index in [-0.39, 0.29) is 24.9 Å². The standard InChI is InChI=1S/C24H34ClN3O3S2.C23H32ClN3O3S2/c1-2-3-4-5-6-7-14-27-15-17-28(18-16-27)33(30,31)23-13-12-22(32-23)19-26-24(29)20-8-10-21(25)11-9-20;1-2-3-4-5-6-13-26-14-16-27(17-15-26)32(29,30)22-12-11-21(31-22)18-25-23(28)19-7-9-20(24)10-8-19/h8-13H,2-7,14-19H2,1H3,(H,26,29);7-12H,2-6,13-18H2,1H3,(H,25,28). The van der Waals surface area contributed by atoms with Crippen LogP contribution in [0.3, 0.4) is 0 Å². The summed E-state index contributed by atoms with van der Waals surface area (Å²) in [6, 6.07) is 20.1. The van der Waals surface area contributed by atoms with Crippen molar-refractivity contribution in [2.24, 2.45) is 0 Å². The van der Waals surface area contributed by atoms with E-state index in [1.165, 1.54) is 93.3 Å². The number of nitrogens with one attached hydrogen (secondary N) is 2. The van der Waals surface area contributed by atoms with Crippen LogP contribution in [0.15, 0.2) is 81.2 Å². The first-order chi connectivity index (χ1) is 31.3. The monoisotopic (exact) mass is 1010 g/mol. The minimum absolute atomic E-state index is 0.217. The van der Waals surface area contributed by atoms with Crippen molar-refractivity contribution in [2.75, 3.05) is 65.4 Å². The third-order valence-electron chi connectivity index (χ3n) is 11.6. The van der Waals surface area contributed by atoms with Gasteiger partial charge in [0, 0.05) is 83.3 Å². The topological polar surface area (TPSA) is 139 Å². The molecule has 0 bridgehead atoms. The molecule has 2 fully saturated rings. The predicted molar refractivity (Wildman–Crippen MR) is 266 cm³/mol. The number of nitrogens with zero attached hydrogens (tertiary/aromatic N) is 4. The molecule has 12 nitrogen and oxygen atoms in total. The molecule has 65 heavy (non-hydrogen) atoms. The summed E-state index contributed by atoms with van der Waals surface area (Å²) >= 11 is 14.1. The molecule has 0 aliphatic carbocycles. The Kier molecular flexibility index (Phi) is 22.2. The highest BCUT2D eigenvalue weighted by atomic mass is 35.5. The largest absolute Gasteiger partial charge is 0.347 e. The number of carbonyl (C=O) groups is 2. The van der Waals surface area contributed by atoms with Gasteiger partial charge in [0.2, 0.25) is 0 Å². The number of carbonyl (C=O) groups excluding carboxylic acids is 2. The molecule has 0 saturated carbocycles. The van der Waals surface area contributed by atoms with Crippen LogP contribution < -0.4 is 10.6 Å². The minimum atomic E-state index is -3.50. The second-order valence-electron chi connectivity index (χ2n) is 16.5. The lowest BCUT2D eigenvalue weighted by molar-refractivity contribution is 0.0943. The molecule has 4 heterocycles. The fourth-order valence-corrected chi connectivity index (χ4v) is 13.6. The van der Waals surface area contributed by atoms with E-state index in [2.05, 4.69) is 34.3 Å². The van der Waals surface area contributed by atoms with Crippen molar-refractivity contribution in [3.63, 3.8) is 0 Å². The highest BCUT2D eigenvalue weighted by Gasteiger charge is 2.31. The second kappa shape index (κ2) is 27.2. The van der Waals surface area contributed by atoms with Gasteiger partial charge >= 0.3 is 0 Å². The lowest BCUT2D eigenvalue weighted by atomic mass is 10.1. The van der Waals surface area contributed by atoms with E-state index in [1.807, 2.05) is 0 Å². The Morgan fingerprint density at radius 2 is 0.831 bits per heavy atom. The van der Waals surface area contributed by atoms with Gasteiger partial charge in [0.15, 0.2) is 0 Å². The Balaban J connectivity index is 0.000000244. The van der Waals surface area contributed by atoms with E-state index in [9.17, 15) is 26.4 Å². The molecule has 2 aliphatic rings. The molecule has 6 rings (SSSR count). The minimum Gasteiger partial charge on any atom is -0.347 e. The summed E-state index contributed by atoms with van der Waals surface area (Å²) in [7, 11) is -6.99. The van der Waals surface area contributed by atoms with Crippen molar-refractivity contribution in [3.8, 4) is 0 Å². The molecule has 2 N–H and O–H groups in total. The van der Waals surface area contributed by atoms with Gasteiger partial charge in [0.05, 0.1) is 13.1 Å². The van der Waals surface area contributed by atoms with Gasteiger partial charge in [0.25, 0.3) is 31.9 Å². The molecule has 2 aromatic heterocycles. The number of unbranched alkanes of at least 4 members (excludes halogenated alkanes) is 9. The van der Waals surface area contributed by atoms with Crippen LogP contribution in [0.5, 0.6) is 0 Å². The maximum atomic E-state index is 13.1. The molecule has 2 aliphatic heterocycles. The smallest absolute Gasteiger partial charge is 0.252 e. The molecular formula is C47H66Cl2N6O6S4. The Morgan fingerprint density at radius 1 is 0.492 bits per heavy atom. The number of rotatable bonds is 23. The normalized spacial score (nSPS) is 15.6. The average molecular weight is 1010 g/mol. The number of benzene rings is 2. The fourth-order valence-electron chi connectivity index (χ4n) is 7.62. The molecule has 0 unspecified atom stereocenters. The van der Waals surface area contributed by atoms with Crippen LogP contribution in [-0.4, -0.2) is 113 Å². The molecule has 358 valence electrons.